The minimum atomic E-state index is -0.175. The van der Waals surface area contributed by atoms with Crippen LogP contribution in [-0.2, 0) is 13.5 Å². The number of halogens is 2. The van der Waals surface area contributed by atoms with Crippen LogP contribution in [0.25, 0.3) is 0 Å². The number of nitrogens with one attached hydrogen (secondary N) is 1. The first-order chi connectivity index (χ1) is 9.60. The van der Waals surface area contributed by atoms with Crippen LogP contribution in [0.15, 0.2) is 35.1 Å². The van der Waals surface area contributed by atoms with Crippen molar-refractivity contribution in [3.8, 4) is 0 Å². The zero-order chi connectivity index (χ0) is 14.5. The summed E-state index contributed by atoms with van der Waals surface area (Å²) in [5.74, 6) is -0.175. The number of hydrogen-bond donors (Lipinski definition) is 1. The van der Waals surface area contributed by atoms with E-state index in [2.05, 4.69) is 33.3 Å². The lowest BCUT2D eigenvalue weighted by atomic mass is 10.00. The van der Waals surface area contributed by atoms with E-state index >= 15 is 0 Å². The van der Waals surface area contributed by atoms with Crippen LogP contribution in [0.1, 0.15) is 30.5 Å². The molecule has 3 nitrogen and oxygen atoms in total. The van der Waals surface area contributed by atoms with Crippen molar-refractivity contribution in [1.82, 2.24) is 15.1 Å². The molecular weight excluding hydrogens is 321 g/mol. The van der Waals surface area contributed by atoms with Crippen LogP contribution in [0.4, 0.5) is 4.39 Å². The highest BCUT2D eigenvalue weighted by Crippen LogP contribution is 2.24. The summed E-state index contributed by atoms with van der Waals surface area (Å²) in [7, 11) is 1.89. The molecule has 0 amide bonds. The lowest BCUT2D eigenvalue weighted by molar-refractivity contribution is 0.496. The lowest BCUT2D eigenvalue weighted by Crippen LogP contribution is -2.25. The summed E-state index contributed by atoms with van der Waals surface area (Å²) >= 11 is 3.41. The van der Waals surface area contributed by atoms with Crippen LogP contribution in [-0.4, -0.2) is 16.3 Å². The molecule has 1 aromatic carbocycles. The van der Waals surface area contributed by atoms with Gasteiger partial charge in [0.1, 0.15) is 5.82 Å². The molecule has 2 rings (SSSR count). The third-order valence-electron chi connectivity index (χ3n) is 3.17. The van der Waals surface area contributed by atoms with Crippen molar-refractivity contribution < 1.29 is 4.39 Å². The van der Waals surface area contributed by atoms with E-state index in [0.29, 0.717) is 5.56 Å². The average molecular weight is 340 g/mol. The van der Waals surface area contributed by atoms with E-state index in [-0.39, 0.29) is 11.9 Å². The fourth-order valence-electron chi connectivity index (χ4n) is 2.21. The molecule has 1 heterocycles. The van der Waals surface area contributed by atoms with Gasteiger partial charge in [-0.15, -0.1) is 0 Å². The first-order valence-electron chi connectivity index (χ1n) is 6.76. The van der Waals surface area contributed by atoms with Gasteiger partial charge in [-0.2, -0.15) is 5.10 Å². The molecule has 0 bridgehead atoms. The quantitative estimate of drug-likeness (QED) is 0.871. The average Bonchev–Trinajstić information content (AvgIpc) is 2.83. The molecule has 1 aromatic heterocycles. The highest BCUT2D eigenvalue weighted by Gasteiger charge is 2.17. The summed E-state index contributed by atoms with van der Waals surface area (Å²) in [4.78, 5) is 0. The normalized spacial score (nSPS) is 12.6. The van der Waals surface area contributed by atoms with Crippen LogP contribution in [0.3, 0.4) is 0 Å². The SMILES string of the molecule is CCCNC(Cc1cnn(C)c1)c1cc(Br)ccc1F. The second-order valence-corrected chi connectivity index (χ2v) is 5.81. The van der Waals surface area contributed by atoms with Gasteiger partial charge >= 0.3 is 0 Å². The Morgan fingerprint density at radius 2 is 2.25 bits per heavy atom. The highest BCUT2D eigenvalue weighted by atomic mass is 79.9. The third kappa shape index (κ3) is 3.90. The van der Waals surface area contributed by atoms with Gasteiger partial charge in [-0.25, -0.2) is 4.39 Å². The fourth-order valence-corrected chi connectivity index (χ4v) is 2.58. The van der Waals surface area contributed by atoms with Gasteiger partial charge < -0.3 is 5.32 Å². The Morgan fingerprint density at radius 1 is 1.45 bits per heavy atom. The molecule has 0 saturated carbocycles. The van der Waals surface area contributed by atoms with E-state index in [9.17, 15) is 4.39 Å². The molecule has 0 aliphatic carbocycles. The summed E-state index contributed by atoms with van der Waals surface area (Å²) in [5, 5.41) is 7.58. The van der Waals surface area contributed by atoms with Gasteiger partial charge in [-0.3, -0.25) is 4.68 Å². The zero-order valence-corrected chi connectivity index (χ0v) is 13.3. The summed E-state index contributed by atoms with van der Waals surface area (Å²) in [6, 6.07) is 5.03. The minimum absolute atomic E-state index is 0.0448. The van der Waals surface area contributed by atoms with Gasteiger partial charge in [0, 0.05) is 29.3 Å². The van der Waals surface area contributed by atoms with Crippen LogP contribution in [0.2, 0.25) is 0 Å². The molecule has 108 valence electrons. The molecule has 0 aliphatic heterocycles. The second-order valence-electron chi connectivity index (χ2n) is 4.90. The topological polar surface area (TPSA) is 29.9 Å². The first-order valence-corrected chi connectivity index (χ1v) is 7.55. The maximum absolute atomic E-state index is 14.1. The number of rotatable bonds is 6. The predicted molar refractivity (Wildman–Crippen MR) is 82.0 cm³/mol. The molecule has 0 radical (unpaired) electrons. The summed E-state index contributed by atoms with van der Waals surface area (Å²) in [6.07, 6.45) is 5.54. The fraction of sp³-hybridized carbons (Fsp3) is 0.400. The van der Waals surface area contributed by atoms with Crippen molar-refractivity contribution in [2.45, 2.75) is 25.8 Å². The molecule has 0 fully saturated rings. The Kier molecular flexibility index (Phi) is 5.31. The van der Waals surface area contributed by atoms with Crippen molar-refractivity contribution in [3.05, 3.63) is 52.0 Å². The smallest absolute Gasteiger partial charge is 0.128 e. The van der Waals surface area contributed by atoms with Crippen molar-refractivity contribution in [2.75, 3.05) is 6.54 Å². The van der Waals surface area contributed by atoms with Crippen molar-refractivity contribution >= 4 is 15.9 Å². The summed E-state index contributed by atoms with van der Waals surface area (Å²) < 4.78 is 16.7. The monoisotopic (exact) mass is 339 g/mol. The van der Waals surface area contributed by atoms with E-state index in [1.165, 1.54) is 6.07 Å². The molecule has 0 aliphatic rings. The molecule has 0 spiro atoms. The largest absolute Gasteiger partial charge is 0.310 e. The summed E-state index contributed by atoms with van der Waals surface area (Å²) in [5.41, 5.74) is 1.79. The Morgan fingerprint density at radius 3 is 2.90 bits per heavy atom. The maximum Gasteiger partial charge on any atom is 0.128 e. The van der Waals surface area contributed by atoms with Gasteiger partial charge in [-0.1, -0.05) is 22.9 Å². The van der Waals surface area contributed by atoms with Gasteiger partial charge in [-0.05, 0) is 43.1 Å². The standard InChI is InChI=1S/C15H19BrFN3/c1-3-6-18-15(7-11-9-19-20(2)10-11)13-8-12(16)4-5-14(13)17/h4-5,8-10,15,18H,3,6-7H2,1-2H3. The van der Waals surface area contributed by atoms with Crippen molar-refractivity contribution in [2.24, 2.45) is 7.05 Å². The zero-order valence-electron chi connectivity index (χ0n) is 11.7. The molecule has 20 heavy (non-hydrogen) atoms. The first kappa shape index (κ1) is 15.2. The predicted octanol–water partition coefficient (Wildman–Crippen LogP) is 3.61. The number of aromatic nitrogens is 2. The van der Waals surface area contributed by atoms with E-state index < -0.39 is 0 Å². The van der Waals surface area contributed by atoms with E-state index in [1.54, 1.807) is 10.7 Å². The molecule has 1 unspecified atom stereocenters. The molecule has 5 heteroatoms. The van der Waals surface area contributed by atoms with Crippen molar-refractivity contribution in [1.29, 1.82) is 0 Å². The maximum atomic E-state index is 14.1. The number of hydrogen-bond acceptors (Lipinski definition) is 2. The molecular formula is C15H19BrFN3. The van der Waals surface area contributed by atoms with E-state index in [0.717, 1.165) is 29.4 Å². The van der Waals surface area contributed by atoms with Crippen LogP contribution in [0.5, 0.6) is 0 Å². The van der Waals surface area contributed by atoms with E-state index in [1.807, 2.05) is 25.5 Å². The highest BCUT2D eigenvalue weighted by molar-refractivity contribution is 9.10. The van der Waals surface area contributed by atoms with Gasteiger partial charge in [0.25, 0.3) is 0 Å². The number of benzene rings is 1. The Hall–Kier alpha value is -1.20. The molecule has 2 aromatic rings. The summed E-state index contributed by atoms with van der Waals surface area (Å²) in [6.45, 7) is 2.96. The van der Waals surface area contributed by atoms with Crippen LogP contribution < -0.4 is 5.32 Å². The van der Waals surface area contributed by atoms with Gasteiger partial charge in [0.2, 0.25) is 0 Å². The minimum Gasteiger partial charge on any atom is -0.310 e. The Balaban J connectivity index is 2.24. The lowest BCUT2D eigenvalue weighted by Gasteiger charge is -2.19. The third-order valence-corrected chi connectivity index (χ3v) is 3.67. The molecule has 1 N–H and O–H groups in total. The molecule has 0 saturated heterocycles. The molecule has 1 atom stereocenters. The van der Waals surface area contributed by atoms with Crippen LogP contribution in [0, 0.1) is 5.82 Å². The van der Waals surface area contributed by atoms with E-state index in [4.69, 9.17) is 0 Å². The van der Waals surface area contributed by atoms with Gasteiger partial charge in [0.15, 0.2) is 0 Å². The number of aryl methyl sites for hydroxylation is 1. The number of nitrogens with zero attached hydrogens (tertiary/aromatic N) is 2. The van der Waals surface area contributed by atoms with Gasteiger partial charge in [0.05, 0.1) is 6.20 Å². The second kappa shape index (κ2) is 6.99. The Bertz CT molecular complexity index is 568. The van der Waals surface area contributed by atoms with Crippen molar-refractivity contribution in [3.63, 3.8) is 0 Å². The Labute approximate surface area is 127 Å². The van der Waals surface area contributed by atoms with Crippen LogP contribution >= 0.6 is 15.9 Å².